The summed E-state index contributed by atoms with van der Waals surface area (Å²) < 4.78 is 29.0. The Labute approximate surface area is 105 Å². The molecule has 1 N–H and O–H groups in total. The van der Waals surface area contributed by atoms with E-state index in [0.717, 1.165) is 0 Å². The van der Waals surface area contributed by atoms with Gasteiger partial charge in [-0.15, -0.1) is 0 Å². The minimum Gasteiger partial charge on any atom is -0.748 e. The van der Waals surface area contributed by atoms with E-state index in [1.807, 2.05) is 0 Å². The Morgan fingerprint density at radius 1 is 1.54 bits per heavy atom. The van der Waals surface area contributed by atoms with E-state index < -0.39 is 16.1 Å². The summed E-state index contributed by atoms with van der Waals surface area (Å²) in [6, 6.07) is 0. The van der Waals surface area contributed by atoms with E-state index in [1.54, 1.807) is 6.92 Å². The first-order valence-corrected chi connectivity index (χ1v) is 5.30. The van der Waals surface area contributed by atoms with Crippen LogP contribution in [0.2, 0.25) is 0 Å². The van der Waals surface area contributed by atoms with Crippen molar-refractivity contribution in [3.63, 3.8) is 0 Å². The van der Waals surface area contributed by atoms with Gasteiger partial charge in [-0.2, -0.15) is 12.6 Å². The summed E-state index contributed by atoms with van der Waals surface area (Å²) in [5.74, 6) is -1.21. The van der Waals surface area contributed by atoms with E-state index in [0.29, 0.717) is 6.42 Å². The van der Waals surface area contributed by atoms with Gasteiger partial charge in [-0.3, -0.25) is 4.79 Å². The van der Waals surface area contributed by atoms with Crippen molar-refractivity contribution in [3.05, 3.63) is 0 Å². The predicted molar refractivity (Wildman–Crippen MR) is 46.3 cm³/mol. The van der Waals surface area contributed by atoms with Crippen LogP contribution < -0.4 is 29.6 Å². The summed E-state index contributed by atoms with van der Waals surface area (Å²) in [5, 5.41) is 7.65. The molecule has 0 aromatic carbocycles. The molecular weight excluding hydrogens is 227 g/mol. The molecule has 8 heteroatoms. The van der Waals surface area contributed by atoms with Crippen LogP contribution in [0.3, 0.4) is 0 Å². The van der Waals surface area contributed by atoms with Crippen molar-refractivity contribution >= 4 is 28.7 Å². The summed E-state index contributed by atoms with van der Waals surface area (Å²) in [4.78, 5) is 9.29. The molecule has 0 bridgehead atoms. The summed E-state index contributed by atoms with van der Waals surface area (Å²) in [5.41, 5.74) is 0. The Morgan fingerprint density at radius 3 is 1.85 bits per heavy atom. The molecule has 0 amide bonds. The van der Waals surface area contributed by atoms with Crippen LogP contribution in [0, 0.1) is 0 Å². The van der Waals surface area contributed by atoms with Gasteiger partial charge >= 0.3 is 35.5 Å². The van der Waals surface area contributed by atoms with Crippen molar-refractivity contribution < 1.29 is 52.4 Å². The SMILES string of the molecule is CCCS(=O)(=O)[O-].O=C(O)CS.[Na+]. The second kappa shape index (κ2) is 10.8. The summed E-state index contributed by atoms with van der Waals surface area (Å²) in [6.45, 7) is 1.65. The van der Waals surface area contributed by atoms with E-state index in [9.17, 15) is 17.8 Å². The van der Waals surface area contributed by atoms with Crippen LogP contribution in [0.5, 0.6) is 0 Å². The van der Waals surface area contributed by atoms with Gasteiger partial charge in [0.05, 0.1) is 15.9 Å². The Balaban J connectivity index is -0.000000150. The first-order valence-electron chi connectivity index (χ1n) is 3.09. The fourth-order valence-corrected chi connectivity index (χ4v) is 0.750. The Bertz CT molecular complexity index is 213. The Kier molecular flexibility index (Phi) is 16.1. The van der Waals surface area contributed by atoms with Gasteiger partial charge in [-0.05, 0) is 6.42 Å². The number of carboxylic acids is 1. The first-order chi connectivity index (χ1) is 5.33. The molecule has 0 atom stereocenters. The fourth-order valence-electron chi connectivity index (χ4n) is 0.250. The van der Waals surface area contributed by atoms with Crippen LogP contribution in [0.15, 0.2) is 0 Å². The van der Waals surface area contributed by atoms with Gasteiger partial charge in [-0.25, -0.2) is 8.42 Å². The van der Waals surface area contributed by atoms with Gasteiger partial charge in [0.15, 0.2) is 0 Å². The molecule has 0 aromatic rings. The quantitative estimate of drug-likeness (QED) is 0.309. The Hall–Kier alpha value is 0.730. The number of carboxylic acid groups (broad SMARTS) is 1. The average Bonchev–Trinajstić information content (AvgIpc) is 1.86. The van der Waals surface area contributed by atoms with Gasteiger partial charge in [0.25, 0.3) is 0 Å². The Morgan fingerprint density at radius 2 is 1.85 bits per heavy atom. The molecule has 74 valence electrons. The zero-order valence-electron chi connectivity index (χ0n) is 7.56. The van der Waals surface area contributed by atoms with Crippen molar-refractivity contribution in [2.45, 2.75) is 13.3 Å². The first kappa shape index (κ1) is 19.3. The van der Waals surface area contributed by atoms with Gasteiger partial charge in [0, 0.05) is 5.75 Å². The van der Waals surface area contributed by atoms with Gasteiger partial charge in [0.1, 0.15) is 0 Å². The molecule has 13 heavy (non-hydrogen) atoms. The van der Waals surface area contributed by atoms with Gasteiger partial charge < -0.3 is 9.66 Å². The average molecular weight is 238 g/mol. The maximum absolute atomic E-state index is 9.68. The van der Waals surface area contributed by atoms with E-state index in [-0.39, 0.29) is 41.1 Å². The third-order valence-electron chi connectivity index (χ3n) is 0.589. The molecule has 0 heterocycles. The maximum atomic E-state index is 9.68. The molecule has 0 aliphatic heterocycles. The minimum atomic E-state index is -3.92. The number of rotatable bonds is 3. The van der Waals surface area contributed by atoms with Crippen LogP contribution in [0.25, 0.3) is 0 Å². The van der Waals surface area contributed by atoms with Crippen LogP contribution in [-0.4, -0.2) is 35.6 Å². The molecular formula is C5H11NaO5S2. The van der Waals surface area contributed by atoms with Crippen LogP contribution >= 0.6 is 12.6 Å². The normalized spacial score (nSPS) is 9.15. The van der Waals surface area contributed by atoms with Crippen LogP contribution in [-0.2, 0) is 14.9 Å². The number of carbonyl (C=O) groups is 1. The molecule has 0 aliphatic rings. The zero-order valence-corrected chi connectivity index (χ0v) is 11.3. The minimum absolute atomic E-state index is 0. The standard InChI is InChI=1S/C3H8O3S.C2H4O2S.Na/c1-2-3-7(4,5)6;3-2(4)1-5;/h2-3H2,1H3,(H,4,5,6);5H,1H2,(H,3,4);/q;;+1/p-1. The second-order valence-corrected chi connectivity index (χ2v) is 3.65. The van der Waals surface area contributed by atoms with E-state index in [2.05, 4.69) is 12.6 Å². The molecule has 0 fully saturated rings. The summed E-state index contributed by atoms with van der Waals surface area (Å²) in [7, 11) is -3.92. The summed E-state index contributed by atoms with van der Waals surface area (Å²) >= 11 is 3.42. The van der Waals surface area contributed by atoms with Crippen LogP contribution in [0.1, 0.15) is 13.3 Å². The molecule has 0 rings (SSSR count). The smallest absolute Gasteiger partial charge is 0.748 e. The summed E-state index contributed by atoms with van der Waals surface area (Å²) in [6.07, 6.45) is 0.409. The fraction of sp³-hybridized carbons (Fsp3) is 0.800. The maximum Gasteiger partial charge on any atom is 1.00 e. The second-order valence-electron chi connectivity index (χ2n) is 1.81. The third-order valence-corrected chi connectivity index (χ3v) is 1.77. The van der Waals surface area contributed by atoms with E-state index in [1.165, 1.54) is 0 Å². The predicted octanol–water partition coefficient (Wildman–Crippen LogP) is -3.05. The van der Waals surface area contributed by atoms with Gasteiger partial charge in [0.2, 0.25) is 0 Å². The molecule has 0 saturated carbocycles. The van der Waals surface area contributed by atoms with E-state index in [4.69, 9.17) is 5.11 Å². The molecule has 0 saturated heterocycles. The molecule has 0 radical (unpaired) electrons. The molecule has 0 aliphatic carbocycles. The topological polar surface area (TPSA) is 94.5 Å². The number of thiol groups is 1. The number of hydrogen-bond donors (Lipinski definition) is 2. The van der Waals surface area contributed by atoms with Crippen LogP contribution in [0.4, 0.5) is 0 Å². The third kappa shape index (κ3) is 32.4. The zero-order chi connectivity index (χ0) is 10.2. The monoisotopic (exact) mass is 238 g/mol. The molecule has 0 unspecified atom stereocenters. The van der Waals surface area contributed by atoms with Crippen molar-refractivity contribution in [3.8, 4) is 0 Å². The molecule has 0 aromatic heterocycles. The molecule has 5 nitrogen and oxygen atoms in total. The number of hydrogen-bond acceptors (Lipinski definition) is 5. The van der Waals surface area contributed by atoms with Crippen molar-refractivity contribution in [2.75, 3.05) is 11.5 Å². The largest absolute Gasteiger partial charge is 1.00 e. The molecule has 0 spiro atoms. The van der Waals surface area contributed by atoms with Crippen molar-refractivity contribution in [1.29, 1.82) is 0 Å². The van der Waals surface area contributed by atoms with Crippen molar-refractivity contribution in [2.24, 2.45) is 0 Å². The van der Waals surface area contributed by atoms with Crippen molar-refractivity contribution in [1.82, 2.24) is 0 Å². The van der Waals surface area contributed by atoms with E-state index >= 15 is 0 Å². The number of aliphatic carboxylic acids is 1. The van der Waals surface area contributed by atoms with Gasteiger partial charge in [-0.1, -0.05) is 6.92 Å².